The third kappa shape index (κ3) is 4.92. The Hall–Kier alpha value is -3.25. The quantitative estimate of drug-likeness (QED) is 0.671. The van der Waals surface area contributed by atoms with E-state index in [9.17, 15) is 14.0 Å². The molecule has 7 heteroatoms. The van der Waals surface area contributed by atoms with Crippen molar-refractivity contribution in [3.05, 3.63) is 94.0 Å². The highest BCUT2D eigenvalue weighted by Crippen LogP contribution is 2.20. The number of rotatable bonds is 5. The standard InChI is InChI=1S/C21H17ClFN3O2/c1-13-3-2-4-14(7-13)10-25-20(27)15-8-16(12-24-11-15)21(28)26-17-5-6-19(23)18(22)9-17/h2-9,11-12H,10H2,1H3,(H,25,27)(H,26,28). The number of halogens is 2. The molecule has 1 aromatic heterocycles. The lowest BCUT2D eigenvalue weighted by Gasteiger charge is -2.08. The predicted octanol–water partition coefficient (Wildman–Crippen LogP) is 4.36. The summed E-state index contributed by atoms with van der Waals surface area (Å²) in [5, 5.41) is 5.30. The lowest BCUT2D eigenvalue weighted by molar-refractivity contribution is 0.0950. The Balaban J connectivity index is 1.67. The molecule has 28 heavy (non-hydrogen) atoms. The molecule has 5 nitrogen and oxygen atoms in total. The molecule has 0 spiro atoms. The minimum atomic E-state index is -0.575. The molecule has 0 aliphatic carbocycles. The summed E-state index contributed by atoms with van der Waals surface area (Å²) in [5.74, 6) is -1.40. The second-order valence-corrected chi connectivity index (χ2v) is 6.62. The summed E-state index contributed by atoms with van der Waals surface area (Å²) >= 11 is 5.71. The first-order valence-corrected chi connectivity index (χ1v) is 8.85. The average Bonchev–Trinajstić information content (AvgIpc) is 2.69. The zero-order valence-corrected chi connectivity index (χ0v) is 15.8. The van der Waals surface area contributed by atoms with Crippen LogP contribution in [0.2, 0.25) is 5.02 Å². The van der Waals surface area contributed by atoms with Crippen molar-refractivity contribution in [1.29, 1.82) is 0 Å². The molecular weight excluding hydrogens is 381 g/mol. The van der Waals surface area contributed by atoms with Gasteiger partial charge in [-0.2, -0.15) is 0 Å². The van der Waals surface area contributed by atoms with Crippen molar-refractivity contribution < 1.29 is 14.0 Å². The maximum Gasteiger partial charge on any atom is 0.257 e. The molecule has 0 fully saturated rings. The first-order chi connectivity index (χ1) is 13.4. The van der Waals surface area contributed by atoms with Crippen LogP contribution in [0.3, 0.4) is 0 Å². The Bertz CT molecular complexity index is 1040. The van der Waals surface area contributed by atoms with Crippen LogP contribution in [0.25, 0.3) is 0 Å². The second kappa shape index (κ2) is 8.63. The fraction of sp³-hybridized carbons (Fsp3) is 0.0952. The number of amides is 2. The van der Waals surface area contributed by atoms with Crippen LogP contribution in [0, 0.1) is 12.7 Å². The highest BCUT2D eigenvalue weighted by atomic mass is 35.5. The van der Waals surface area contributed by atoms with E-state index in [1.807, 2.05) is 31.2 Å². The van der Waals surface area contributed by atoms with Crippen molar-refractivity contribution >= 4 is 29.1 Å². The fourth-order valence-corrected chi connectivity index (χ4v) is 2.75. The molecule has 0 saturated heterocycles. The molecule has 2 N–H and O–H groups in total. The Morgan fingerprint density at radius 3 is 2.50 bits per heavy atom. The normalized spacial score (nSPS) is 10.4. The van der Waals surface area contributed by atoms with Gasteiger partial charge in [-0.25, -0.2) is 4.39 Å². The zero-order valence-electron chi connectivity index (χ0n) is 15.0. The summed E-state index contributed by atoms with van der Waals surface area (Å²) in [4.78, 5) is 28.7. The van der Waals surface area contributed by atoms with Crippen LogP contribution < -0.4 is 10.6 Å². The topological polar surface area (TPSA) is 71.1 Å². The van der Waals surface area contributed by atoms with Crippen LogP contribution in [0.15, 0.2) is 60.9 Å². The Morgan fingerprint density at radius 1 is 1.04 bits per heavy atom. The van der Waals surface area contributed by atoms with E-state index in [0.717, 1.165) is 17.2 Å². The maximum atomic E-state index is 13.2. The summed E-state index contributed by atoms with van der Waals surface area (Å²) in [6.07, 6.45) is 2.73. The monoisotopic (exact) mass is 397 g/mol. The van der Waals surface area contributed by atoms with Crippen molar-refractivity contribution in [3.63, 3.8) is 0 Å². The van der Waals surface area contributed by atoms with E-state index < -0.39 is 11.7 Å². The summed E-state index contributed by atoms with van der Waals surface area (Å²) in [5.41, 5.74) is 2.88. The molecular formula is C21H17ClFN3O2. The number of hydrogen-bond acceptors (Lipinski definition) is 3. The van der Waals surface area contributed by atoms with Gasteiger partial charge < -0.3 is 10.6 Å². The van der Waals surface area contributed by atoms with Crippen LogP contribution in [0.4, 0.5) is 10.1 Å². The van der Waals surface area contributed by atoms with Crippen molar-refractivity contribution in [2.24, 2.45) is 0 Å². The van der Waals surface area contributed by atoms with Crippen molar-refractivity contribution in [2.75, 3.05) is 5.32 Å². The van der Waals surface area contributed by atoms with E-state index in [2.05, 4.69) is 15.6 Å². The van der Waals surface area contributed by atoms with Gasteiger partial charge in [0.15, 0.2) is 0 Å². The van der Waals surface area contributed by atoms with Gasteiger partial charge >= 0.3 is 0 Å². The first-order valence-electron chi connectivity index (χ1n) is 8.47. The van der Waals surface area contributed by atoms with Crippen molar-refractivity contribution in [1.82, 2.24) is 10.3 Å². The number of pyridine rings is 1. The number of anilines is 1. The Labute approximate surface area is 166 Å². The van der Waals surface area contributed by atoms with Gasteiger partial charge in [-0.05, 0) is 36.8 Å². The molecule has 0 radical (unpaired) electrons. The molecule has 0 bridgehead atoms. The van der Waals surface area contributed by atoms with Gasteiger partial charge in [0.2, 0.25) is 0 Å². The lowest BCUT2D eigenvalue weighted by Crippen LogP contribution is -2.23. The number of carbonyl (C=O) groups excluding carboxylic acids is 2. The molecule has 2 aromatic carbocycles. The van der Waals surface area contributed by atoms with Gasteiger partial charge in [-0.1, -0.05) is 41.4 Å². The van der Waals surface area contributed by atoms with Crippen LogP contribution in [-0.2, 0) is 6.54 Å². The minimum absolute atomic E-state index is 0.0970. The molecule has 2 amide bonds. The SMILES string of the molecule is Cc1cccc(CNC(=O)c2cncc(C(=O)Nc3ccc(F)c(Cl)c3)c2)c1. The number of carbonyl (C=O) groups is 2. The fourth-order valence-electron chi connectivity index (χ4n) is 2.57. The number of aromatic nitrogens is 1. The van der Waals surface area contributed by atoms with E-state index in [0.29, 0.717) is 12.2 Å². The van der Waals surface area contributed by atoms with Crippen LogP contribution in [-0.4, -0.2) is 16.8 Å². The molecule has 0 unspecified atom stereocenters. The van der Waals surface area contributed by atoms with Crippen molar-refractivity contribution in [2.45, 2.75) is 13.5 Å². The maximum absolute atomic E-state index is 13.2. The number of aryl methyl sites for hydroxylation is 1. The van der Waals surface area contributed by atoms with E-state index >= 15 is 0 Å². The first kappa shape index (κ1) is 19.5. The smallest absolute Gasteiger partial charge is 0.257 e. The minimum Gasteiger partial charge on any atom is -0.348 e. The Morgan fingerprint density at radius 2 is 1.79 bits per heavy atom. The van der Waals surface area contributed by atoms with E-state index in [4.69, 9.17) is 11.6 Å². The number of nitrogens with one attached hydrogen (secondary N) is 2. The summed E-state index contributed by atoms with van der Waals surface area (Å²) in [6, 6.07) is 13.1. The van der Waals surface area contributed by atoms with Crippen LogP contribution in [0.5, 0.6) is 0 Å². The van der Waals surface area contributed by atoms with Gasteiger partial charge in [0, 0.05) is 24.6 Å². The molecule has 3 aromatic rings. The van der Waals surface area contributed by atoms with Crippen LogP contribution in [0.1, 0.15) is 31.8 Å². The third-order valence-corrected chi connectivity index (χ3v) is 4.27. The van der Waals surface area contributed by atoms with Gasteiger partial charge in [-0.3, -0.25) is 14.6 Å². The number of hydrogen-bond donors (Lipinski definition) is 2. The number of nitrogens with zero attached hydrogens (tertiary/aromatic N) is 1. The zero-order chi connectivity index (χ0) is 20.1. The highest BCUT2D eigenvalue weighted by molar-refractivity contribution is 6.31. The molecule has 0 aliphatic rings. The molecule has 0 aliphatic heterocycles. The van der Waals surface area contributed by atoms with Crippen molar-refractivity contribution in [3.8, 4) is 0 Å². The highest BCUT2D eigenvalue weighted by Gasteiger charge is 2.12. The summed E-state index contributed by atoms with van der Waals surface area (Å²) in [6.45, 7) is 2.34. The Kier molecular flexibility index (Phi) is 6.01. The lowest BCUT2D eigenvalue weighted by atomic mass is 10.1. The van der Waals surface area contributed by atoms with E-state index in [1.165, 1.54) is 30.6 Å². The predicted molar refractivity (Wildman–Crippen MR) is 106 cm³/mol. The molecule has 1 heterocycles. The molecule has 0 atom stereocenters. The summed E-state index contributed by atoms with van der Waals surface area (Å²) in [7, 11) is 0. The second-order valence-electron chi connectivity index (χ2n) is 6.22. The molecule has 3 rings (SSSR count). The van der Waals surface area contributed by atoms with Crippen LogP contribution >= 0.6 is 11.6 Å². The average molecular weight is 398 g/mol. The van der Waals surface area contributed by atoms with Gasteiger partial charge in [0.25, 0.3) is 11.8 Å². The molecule has 142 valence electrons. The van der Waals surface area contributed by atoms with Gasteiger partial charge in [0.1, 0.15) is 5.82 Å². The van der Waals surface area contributed by atoms with E-state index in [-0.39, 0.29) is 22.1 Å². The molecule has 0 saturated carbocycles. The largest absolute Gasteiger partial charge is 0.348 e. The number of benzene rings is 2. The van der Waals surface area contributed by atoms with Gasteiger partial charge in [0.05, 0.1) is 16.1 Å². The summed E-state index contributed by atoms with van der Waals surface area (Å²) < 4.78 is 13.2. The third-order valence-electron chi connectivity index (χ3n) is 3.98. The van der Waals surface area contributed by atoms with Gasteiger partial charge in [-0.15, -0.1) is 0 Å². The van der Waals surface area contributed by atoms with E-state index in [1.54, 1.807) is 0 Å².